The summed E-state index contributed by atoms with van der Waals surface area (Å²) in [5.41, 5.74) is 0.151. The number of hydrogen-bond acceptors (Lipinski definition) is 5. The van der Waals surface area contributed by atoms with Crippen molar-refractivity contribution < 1.29 is 21.9 Å². The van der Waals surface area contributed by atoms with E-state index in [4.69, 9.17) is 4.74 Å². The first-order valence-corrected chi connectivity index (χ1v) is 16.8. The Morgan fingerprint density at radius 1 is 0.698 bits per heavy atom. The van der Waals surface area contributed by atoms with Crippen LogP contribution in [0.3, 0.4) is 0 Å². The van der Waals surface area contributed by atoms with Crippen LogP contribution in [-0.2, 0) is 16.6 Å². The van der Waals surface area contributed by atoms with Crippen LogP contribution in [0, 0.1) is 11.6 Å². The second-order valence-electron chi connectivity index (χ2n) is 9.47. The van der Waals surface area contributed by atoms with Crippen LogP contribution >= 0.6 is 23.5 Å². The fraction of sp³-hybridized carbons (Fsp3) is 0.118. The Bertz CT molecular complexity index is 1740. The van der Waals surface area contributed by atoms with Gasteiger partial charge in [0.05, 0.1) is 23.7 Å². The zero-order valence-corrected chi connectivity index (χ0v) is 25.6. The molecule has 0 aromatic heterocycles. The average molecular weight is 634 g/mol. The maximum atomic E-state index is 15.1. The molecular weight excluding hydrogens is 605 g/mol. The van der Waals surface area contributed by atoms with Crippen LogP contribution in [0.25, 0.3) is 0 Å². The first-order valence-electron chi connectivity index (χ1n) is 13.6. The molecule has 0 radical (unpaired) electrons. The normalized spacial score (nSPS) is 11.3. The van der Waals surface area contributed by atoms with E-state index in [0.29, 0.717) is 17.9 Å². The highest BCUT2D eigenvalue weighted by atomic mass is 32.2. The fourth-order valence-electron chi connectivity index (χ4n) is 4.29. The lowest BCUT2D eigenvalue weighted by atomic mass is 10.2. The monoisotopic (exact) mass is 633 g/mol. The van der Waals surface area contributed by atoms with Crippen LogP contribution in [0.2, 0.25) is 0 Å². The molecule has 0 saturated carbocycles. The topological polar surface area (TPSA) is 46.6 Å². The van der Waals surface area contributed by atoms with Gasteiger partial charge in [0.1, 0.15) is 17.4 Å². The summed E-state index contributed by atoms with van der Waals surface area (Å²) in [6.45, 7) is 0.163. The van der Waals surface area contributed by atoms with Crippen molar-refractivity contribution in [3.63, 3.8) is 0 Å². The van der Waals surface area contributed by atoms with Crippen molar-refractivity contribution in [2.75, 3.05) is 16.7 Å². The number of thioether (sulfide) groups is 1. The summed E-state index contributed by atoms with van der Waals surface area (Å²) < 4.78 is 64.4. The average Bonchev–Trinajstić information content (AvgIpc) is 3.03. The predicted molar refractivity (Wildman–Crippen MR) is 170 cm³/mol. The smallest absolute Gasteiger partial charge is 0.264 e. The van der Waals surface area contributed by atoms with Gasteiger partial charge in [0, 0.05) is 32.1 Å². The van der Waals surface area contributed by atoms with Crippen molar-refractivity contribution in [1.82, 2.24) is 0 Å². The van der Waals surface area contributed by atoms with Gasteiger partial charge in [-0.05, 0) is 73.2 Å². The van der Waals surface area contributed by atoms with Crippen LogP contribution in [0.5, 0.6) is 5.75 Å². The van der Waals surface area contributed by atoms with Gasteiger partial charge in [-0.25, -0.2) is 17.2 Å². The van der Waals surface area contributed by atoms with Crippen LogP contribution in [0.4, 0.5) is 14.5 Å². The first kappa shape index (κ1) is 30.7. The lowest BCUT2D eigenvalue weighted by Crippen LogP contribution is -2.31. The van der Waals surface area contributed by atoms with E-state index in [0.717, 1.165) is 44.5 Å². The molecule has 0 atom stereocenters. The Morgan fingerprint density at radius 2 is 1.33 bits per heavy atom. The number of sulfonamides is 1. The third-order valence-electron chi connectivity index (χ3n) is 6.41. The third-order valence-corrected chi connectivity index (χ3v) is 10.3. The van der Waals surface area contributed by atoms with Gasteiger partial charge in [0.25, 0.3) is 10.0 Å². The molecule has 0 N–H and O–H groups in total. The highest BCUT2D eigenvalue weighted by Gasteiger charge is 2.29. The van der Waals surface area contributed by atoms with Gasteiger partial charge in [-0.15, -0.1) is 11.8 Å². The molecule has 0 unspecified atom stereocenters. The van der Waals surface area contributed by atoms with Gasteiger partial charge in [-0.2, -0.15) is 0 Å². The molecule has 0 spiro atoms. The van der Waals surface area contributed by atoms with E-state index in [1.54, 1.807) is 48.2 Å². The summed E-state index contributed by atoms with van der Waals surface area (Å²) in [6, 6.07) is 36.0. The van der Waals surface area contributed by atoms with Crippen molar-refractivity contribution in [3.8, 4) is 5.75 Å². The molecule has 5 aromatic carbocycles. The van der Waals surface area contributed by atoms with Gasteiger partial charge in [-0.3, -0.25) is 4.31 Å². The molecule has 0 aliphatic rings. The van der Waals surface area contributed by atoms with Crippen molar-refractivity contribution >= 4 is 39.2 Å². The van der Waals surface area contributed by atoms with Crippen LogP contribution in [0.1, 0.15) is 12.0 Å². The summed E-state index contributed by atoms with van der Waals surface area (Å²) in [7, 11) is -4.30. The second-order valence-corrected chi connectivity index (χ2v) is 13.6. The van der Waals surface area contributed by atoms with E-state index in [2.05, 4.69) is 12.1 Å². The van der Waals surface area contributed by atoms with Crippen LogP contribution in [0.15, 0.2) is 147 Å². The molecule has 5 rings (SSSR count). The summed E-state index contributed by atoms with van der Waals surface area (Å²) in [5, 5.41) is 0. The summed E-state index contributed by atoms with van der Waals surface area (Å²) in [5.74, 6) is -0.261. The third kappa shape index (κ3) is 8.19. The molecule has 0 bridgehead atoms. The quantitative estimate of drug-likeness (QED) is 0.0956. The number of rotatable bonds is 13. The largest absolute Gasteiger partial charge is 0.493 e. The zero-order valence-electron chi connectivity index (χ0n) is 23.1. The minimum Gasteiger partial charge on any atom is -0.493 e. The predicted octanol–water partition coefficient (Wildman–Crippen LogP) is 9.07. The SMILES string of the molecule is O=S(=O)(c1ccc(Sc2ccccc2)cc1)N(Cc1ccccc1OCCCSc1ccccc1)c1cc(F)ccc1F. The number of nitrogens with zero attached hydrogens (tertiary/aromatic N) is 1. The summed E-state index contributed by atoms with van der Waals surface area (Å²) in [6.07, 6.45) is 0.766. The minimum absolute atomic E-state index is 0.0371. The Balaban J connectivity index is 1.37. The second kappa shape index (κ2) is 14.6. The Kier molecular flexibility index (Phi) is 10.4. The van der Waals surface area contributed by atoms with Crippen molar-refractivity contribution in [2.24, 2.45) is 0 Å². The van der Waals surface area contributed by atoms with Gasteiger partial charge in [-0.1, -0.05) is 66.4 Å². The standard InChI is InChI=1S/C34H29F2NO3S3/c35-27-16-21-32(36)33(24-27)37(43(38,39)31-19-17-30(18-20-31)42-29-13-5-2-6-14-29)25-26-10-7-8-15-34(26)40-22-9-23-41-28-11-3-1-4-12-28/h1-8,10-21,24H,9,22-23,25H2. The summed E-state index contributed by atoms with van der Waals surface area (Å²) in [4.78, 5) is 2.99. The van der Waals surface area contributed by atoms with E-state index in [9.17, 15) is 12.8 Å². The molecule has 9 heteroatoms. The molecule has 0 amide bonds. The highest BCUT2D eigenvalue weighted by Crippen LogP contribution is 2.33. The first-order chi connectivity index (χ1) is 20.9. The van der Waals surface area contributed by atoms with Gasteiger partial charge in [0.15, 0.2) is 0 Å². The zero-order chi connectivity index (χ0) is 30.1. The molecule has 0 aliphatic heterocycles. The molecule has 5 aromatic rings. The van der Waals surface area contributed by atoms with E-state index < -0.39 is 21.7 Å². The van der Waals surface area contributed by atoms with Gasteiger partial charge < -0.3 is 4.74 Å². The van der Waals surface area contributed by atoms with Crippen molar-refractivity contribution in [1.29, 1.82) is 0 Å². The molecular formula is C34H29F2NO3S3. The number of para-hydroxylation sites is 1. The molecule has 0 saturated heterocycles. The molecule has 0 aliphatic carbocycles. The van der Waals surface area contributed by atoms with Crippen molar-refractivity contribution in [3.05, 3.63) is 145 Å². The fourth-order valence-corrected chi connectivity index (χ4v) is 7.41. The molecule has 0 heterocycles. The molecule has 43 heavy (non-hydrogen) atoms. The Hall–Kier alpha value is -3.79. The number of hydrogen-bond donors (Lipinski definition) is 0. The number of halogens is 2. The molecule has 0 fully saturated rings. The van der Waals surface area contributed by atoms with E-state index >= 15 is 4.39 Å². The lowest BCUT2D eigenvalue weighted by Gasteiger charge is -2.26. The number of ether oxygens (including phenoxy) is 1. The molecule has 220 valence electrons. The van der Waals surface area contributed by atoms with E-state index in [1.807, 2.05) is 48.5 Å². The lowest BCUT2D eigenvalue weighted by molar-refractivity contribution is 0.315. The maximum absolute atomic E-state index is 15.1. The molecule has 4 nitrogen and oxygen atoms in total. The van der Waals surface area contributed by atoms with Gasteiger partial charge >= 0.3 is 0 Å². The van der Waals surface area contributed by atoms with Crippen LogP contribution in [-0.4, -0.2) is 20.8 Å². The van der Waals surface area contributed by atoms with Crippen molar-refractivity contribution in [2.45, 2.75) is 32.5 Å². The highest BCUT2D eigenvalue weighted by molar-refractivity contribution is 7.99. The maximum Gasteiger partial charge on any atom is 0.264 e. The number of anilines is 1. The van der Waals surface area contributed by atoms with Crippen LogP contribution < -0.4 is 9.04 Å². The minimum atomic E-state index is -4.30. The van der Waals surface area contributed by atoms with Gasteiger partial charge in [0.2, 0.25) is 0 Å². The van der Waals surface area contributed by atoms with E-state index in [1.165, 1.54) is 28.8 Å². The summed E-state index contributed by atoms with van der Waals surface area (Å²) >= 11 is 3.22. The van der Waals surface area contributed by atoms with E-state index in [-0.39, 0.29) is 17.1 Å². The number of benzene rings is 5. The Morgan fingerprint density at radius 3 is 2.05 bits per heavy atom. The Labute approximate surface area is 259 Å².